The molecule has 2 saturated heterocycles. The highest BCUT2D eigenvalue weighted by atomic mass is 16.5. The van der Waals surface area contributed by atoms with E-state index >= 15 is 0 Å². The monoisotopic (exact) mass is 454 g/mol. The number of piperidine rings is 1. The van der Waals surface area contributed by atoms with Crippen LogP contribution in [0.1, 0.15) is 39.2 Å². The lowest BCUT2D eigenvalue weighted by molar-refractivity contribution is 0.0145. The summed E-state index contributed by atoms with van der Waals surface area (Å²) >= 11 is 0. The molecule has 3 fully saturated rings. The number of para-hydroxylation sites is 1. The van der Waals surface area contributed by atoms with Gasteiger partial charge in [-0.25, -0.2) is 4.79 Å². The minimum absolute atomic E-state index is 0.00438. The number of hydrogen-bond donors (Lipinski definition) is 2. The lowest BCUT2D eigenvalue weighted by Crippen LogP contribution is -2.55. The Morgan fingerprint density at radius 1 is 1.27 bits per heavy atom. The van der Waals surface area contributed by atoms with Gasteiger partial charge >= 0.3 is 6.03 Å². The molecule has 2 bridgehead atoms. The van der Waals surface area contributed by atoms with Gasteiger partial charge in [-0.05, 0) is 51.2 Å². The van der Waals surface area contributed by atoms with Gasteiger partial charge in [0.25, 0.3) is 0 Å². The summed E-state index contributed by atoms with van der Waals surface area (Å²) in [7, 11) is 3.61. The van der Waals surface area contributed by atoms with E-state index in [0.29, 0.717) is 32.3 Å². The van der Waals surface area contributed by atoms with Crippen LogP contribution in [0.25, 0.3) is 5.57 Å². The highest BCUT2D eigenvalue weighted by Gasteiger charge is 2.51. The number of aliphatic hydroxyl groups is 1. The molecule has 2 aliphatic heterocycles. The molecule has 0 aromatic heterocycles. The van der Waals surface area contributed by atoms with Crippen molar-refractivity contribution in [2.75, 3.05) is 45.5 Å². The second-order valence-corrected chi connectivity index (χ2v) is 10.7. The molecule has 3 aliphatic rings. The number of carbonyl (C=O) groups is 1. The number of nitrogens with zero attached hydrogens (tertiary/aromatic N) is 3. The van der Waals surface area contributed by atoms with E-state index in [1.807, 2.05) is 24.3 Å². The Labute approximate surface area is 197 Å². The lowest BCUT2D eigenvalue weighted by Gasteiger charge is -2.41. The number of rotatable bonds is 5. The van der Waals surface area contributed by atoms with Crippen molar-refractivity contribution in [1.29, 1.82) is 0 Å². The number of hydrogen-bond acceptors (Lipinski definition) is 5. The highest BCUT2D eigenvalue weighted by Crippen LogP contribution is 2.49. The molecule has 33 heavy (non-hydrogen) atoms. The van der Waals surface area contributed by atoms with Gasteiger partial charge in [-0.3, -0.25) is 0 Å². The van der Waals surface area contributed by atoms with E-state index in [2.05, 4.69) is 43.6 Å². The molecule has 2 heterocycles. The molecule has 0 radical (unpaired) electrons. The fraction of sp³-hybridized carbons (Fsp3) is 0.577. The lowest BCUT2D eigenvalue weighted by atomic mass is 9.84. The van der Waals surface area contributed by atoms with Gasteiger partial charge in [0.05, 0.1) is 25.5 Å². The quantitative estimate of drug-likeness (QED) is 0.669. The predicted octanol–water partition coefficient (Wildman–Crippen LogP) is 3.27. The van der Waals surface area contributed by atoms with E-state index in [0.717, 1.165) is 29.8 Å². The molecule has 7 heteroatoms. The molecule has 0 spiro atoms. The van der Waals surface area contributed by atoms with E-state index in [9.17, 15) is 9.90 Å². The zero-order valence-corrected chi connectivity index (χ0v) is 20.6. The van der Waals surface area contributed by atoms with Gasteiger partial charge in [0.15, 0.2) is 0 Å². The van der Waals surface area contributed by atoms with E-state index in [4.69, 9.17) is 4.74 Å². The molecular weight excluding hydrogens is 416 g/mol. The molecule has 1 aromatic rings. The number of amides is 2. The Hall–Kier alpha value is -2.35. The molecule has 4 rings (SSSR count). The first-order valence-corrected chi connectivity index (χ1v) is 11.8. The van der Waals surface area contributed by atoms with Gasteiger partial charge < -0.3 is 29.9 Å². The van der Waals surface area contributed by atoms with E-state index in [1.54, 1.807) is 23.9 Å². The van der Waals surface area contributed by atoms with Crippen molar-refractivity contribution in [1.82, 2.24) is 15.1 Å². The summed E-state index contributed by atoms with van der Waals surface area (Å²) in [6, 6.07) is 8.03. The van der Waals surface area contributed by atoms with Crippen LogP contribution < -0.4 is 10.2 Å². The summed E-state index contributed by atoms with van der Waals surface area (Å²) in [6.45, 7) is 12.9. The average molecular weight is 455 g/mol. The van der Waals surface area contributed by atoms with Crippen molar-refractivity contribution in [3.63, 3.8) is 0 Å². The van der Waals surface area contributed by atoms with E-state index in [-0.39, 0.29) is 17.7 Å². The zero-order valence-electron chi connectivity index (χ0n) is 20.6. The first-order valence-electron chi connectivity index (χ1n) is 11.8. The Balaban J connectivity index is 1.55. The van der Waals surface area contributed by atoms with Gasteiger partial charge in [0.1, 0.15) is 5.60 Å². The van der Waals surface area contributed by atoms with Crippen LogP contribution in [-0.4, -0.2) is 78.8 Å². The second-order valence-electron chi connectivity index (χ2n) is 10.7. The van der Waals surface area contributed by atoms with Crippen molar-refractivity contribution < 1.29 is 14.6 Å². The molecule has 3 atom stereocenters. The van der Waals surface area contributed by atoms with Gasteiger partial charge in [-0.15, -0.1) is 0 Å². The number of urea groups is 1. The summed E-state index contributed by atoms with van der Waals surface area (Å²) in [5, 5.41) is 15.5. The summed E-state index contributed by atoms with van der Waals surface area (Å²) in [5.74, 6) is 0.318. The normalized spacial score (nSPS) is 29.2. The average Bonchev–Trinajstić information content (AvgIpc) is 3.03. The second kappa shape index (κ2) is 8.78. The number of carbonyl (C=O) groups excluding carboxylic acids is 1. The maximum absolute atomic E-state index is 12.2. The molecule has 1 saturated carbocycles. The molecule has 1 aromatic carbocycles. The molecule has 180 valence electrons. The topological polar surface area (TPSA) is 68.3 Å². The van der Waals surface area contributed by atoms with Gasteiger partial charge in [0.2, 0.25) is 0 Å². The number of anilines is 1. The first-order chi connectivity index (χ1) is 15.5. The highest BCUT2D eigenvalue weighted by molar-refractivity contribution is 5.82. The molecular formula is C26H38N4O3. The van der Waals surface area contributed by atoms with Crippen LogP contribution in [0.2, 0.25) is 0 Å². The number of benzene rings is 1. The minimum atomic E-state index is -1.02. The first kappa shape index (κ1) is 23.8. The fourth-order valence-electron chi connectivity index (χ4n) is 5.33. The number of ether oxygens (including phenoxy) is 1. The van der Waals surface area contributed by atoms with Crippen molar-refractivity contribution in [2.45, 2.75) is 50.9 Å². The molecule has 7 nitrogen and oxygen atoms in total. The Kier molecular flexibility index (Phi) is 6.33. The summed E-state index contributed by atoms with van der Waals surface area (Å²) in [4.78, 5) is 17.7. The molecule has 2 N–H and O–H groups in total. The number of nitrogens with one attached hydrogen (secondary N) is 1. The third-order valence-corrected chi connectivity index (χ3v) is 7.10. The van der Waals surface area contributed by atoms with Crippen LogP contribution in [0.4, 0.5) is 10.5 Å². The molecule has 0 unspecified atom stereocenters. The van der Waals surface area contributed by atoms with Crippen LogP contribution in [0.5, 0.6) is 0 Å². The minimum Gasteiger partial charge on any atom is -0.384 e. The third-order valence-electron chi connectivity index (χ3n) is 7.10. The smallest absolute Gasteiger partial charge is 0.322 e. The zero-order chi connectivity index (χ0) is 24.0. The van der Waals surface area contributed by atoms with Crippen molar-refractivity contribution in [3.05, 3.63) is 48.1 Å². The van der Waals surface area contributed by atoms with Crippen molar-refractivity contribution in [3.8, 4) is 0 Å². The van der Waals surface area contributed by atoms with Gasteiger partial charge in [-0.2, -0.15) is 0 Å². The van der Waals surface area contributed by atoms with Crippen molar-refractivity contribution >= 4 is 17.3 Å². The summed E-state index contributed by atoms with van der Waals surface area (Å²) in [5.41, 5.74) is 2.78. The predicted molar refractivity (Wildman–Crippen MR) is 132 cm³/mol. The summed E-state index contributed by atoms with van der Waals surface area (Å²) in [6.07, 6.45) is 3.72. The molecule has 1 aliphatic carbocycles. The van der Waals surface area contributed by atoms with Crippen LogP contribution >= 0.6 is 0 Å². The Morgan fingerprint density at radius 2 is 1.94 bits per heavy atom. The maximum Gasteiger partial charge on any atom is 0.322 e. The van der Waals surface area contributed by atoms with Crippen LogP contribution in [0, 0.1) is 5.92 Å². The van der Waals surface area contributed by atoms with Gasteiger partial charge in [0, 0.05) is 37.9 Å². The van der Waals surface area contributed by atoms with Crippen LogP contribution in [-0.2, 0) is 4.74 Å². The van der Waals surface area contributed by atoms with E-state index in [1.165, 1.54) is 5.57 Å². The van der Waals surface area contributed by atoms with Gasteiger partial charge in [-0.1, -0.05) is 36.4 Å². The SMILES string of the molecule is C=C(c1ccccc1N1CN(C)C(=O)N(C)C1)[C@]1(O)C[C@H]2C[C@@H]1NC/C2=C\COC(C)(C)C. The summed E-state index contributed by atoms with van der Waals surface area (Å²) < 4.78 is 5.89. The Morgan fingerprint density at radius 3 is 2.61 bits per heavy atom. The van der Waals surface area contributed by atoms with E-state index < -0.39 is 5.60 Å². The Bertz CT molecular complexity index is 939. The maximum atomic E-state index is 12.2. The van der Waals surface area contributed by atoms with Crippen LogP contribution in [0.15, 0.2) is 42.5 Å². The van der Waals surface area contributed by atoms with Crippen LogP contribution in [0.3, 0.4) is 0 Å². The largest absolute Gasteiger partial charge is 0.384 e. The number of fused-ring (bicyclic) bond motifs is 2. The standard InChI is InChI=1S/C26H38N4O3/c1-18(21-9-7-8-10-22(21)30-16-28(5)24(31)29(6)17-30)26(32)14-20-13-23(26)27-15-19(20)11-12-33-25(2,3)4/h7-11,20,23,27,32H,1,12-17H2,2-6H3/b19-11+/t20-,23+,26-/m1/s1. The third kappa shape index (κ3) is 4.67. The molecule has 2 amide bonds. The fourth-order valence-corrected chi connectivity index (χ4v) is 5.33. The van der Waals surface area contributed by atoms with Crippen molar-refractivity contribution in [2.24, 2.45) is 5.92 Å².